The number of halogens is 1. The molecule has 0 spiro atoms. The van der Waals surface area contributed by atoms with Crippen LogP contribution in [0.3, 0.4) is 0 Å². The highest BCUT2D eigenvalue weighted by Gasteiger charge is 2.31. The van der Waals surface area contributed by atoms with E-state index < -0.39 is 0 Å². The molecule has 3 aromatic rings. The van der Waals surface area contributed by atoms with Crippen molar-refractivity contribution in [3.8, 4) is 0 Å². The van der Waals surface area contributed by atoms with Crippen molar-refractivity contribution in [2.75, 3.05) is 11.9 Å². The molecule has 1 N–H and O–H groups in total. The predicted octanol–water partition coefficient (Wildman–Crippen LogP) is 6.09. The van der Waals surface area contributed by atoms with E-state index in [9.17, 15) is 4.79 Å². The van der Waals surface area contributed by atoms with Gasteiger partial charge in [0.2, 0.25) is 5.91 Å². The highest BCUT2D eigenvalue weighted by atomic mass is 35.5. The number of benzene rings is 3. The third-order valence-electron chi connectivity index (χ3n) is 5.88. The molecule has 1 fully saturated rings. The maximum Gasteiger partial charge on any atom is 0.219 e. The Morgan fingerprint density at radius 1 is 1.00 bits per heavy atom. The molecule has 0 saturated carbocycles. The first-order valence-electron chi connectivity index (χ1n) is 10.5. The number of rotatable bonds is 5. The van der Waals surface area contributed by atoms with Gasteiger partial charge < -0.3 is 10.2 Å². The van der Waals surface area contributed by atoms with Crippen molar-refractivity contribution in [1.82, 2.24) is 4.90 Å². The summed E-state index contributed by atoms with van der Waals surface area (Å²) >= 11 is 6.03. The van der Waals surface area contributed by atoms with Gasteiger partial charge >= 0.3 is 0 Å². The second-order valence-corrected chi connectivity index (χ2v) is 8.40. The van der Waals surface area contributed by atoms with Crippen molar-refractivity contribution in [2.45, 2.75) is 38.3 Å². The van der Waals surface area contributed by atoms with Crippen LogP contribution < -0.4 is 5.32 Å². The number of piperidine rings is 1. The first-order valence-corrected chi connectivity index (χ1v) is 10.9. The Bertz CT molecular complexity index is 987. The summed E-state index contributed by atoms with van der Waals surface area (Å²) in [5.41, 5.74) is 4.88. The van der Waals surface area contributed by atoms with E-state index in [2.05, 4.69) is 53.8 Å². The number of hydrogen-bond donors (Lipinski definition) is 1. The van der Waals surface area contributed by atoms with Crippen molar-refractivity contribution in [2.24, 2.45) is 0 Å². The summed E-state index contributed by atoms with van der Waals surface area (Å²) < 4.78 is 0. The first-order chi connectivity index (χ1) is 14.6. The van der Waals surface area contributed by atoms with Crippen LogP contribution in [0.1, 0.15) is 42.5 Å². The first kappa shape index (κ1) is 20.5. The quantitative estimate of drug-likeness (QED) is 0.543. The number of nitrogens with zero attached hydrogens (tertiary/aromatic N) is 1. The summed E-state index contributed by atoms with van der Waals surface area (Å²) in [7, 11) is 0. The lowest BCUT2D eigenvalue weighted by Crippen LogP contribution is -2.43. The van der Waals surface area contributed by atoms with Crippen LogP contribution in [0.5, 0.6) is 0 Å². The molecule has 30 heavy (non-hydrogen) atoms. The van der Waals surface area contributed by atoms with Gasteiger partial charge in [0.1, 0.15) is 0 Å². The Labute approximate surface area is 183 Å². The summed E-state index contributed by atoms with van der Waals surface area (Å²) in [5, 5.41) is 4.53. The molecule has 1 amide bonds. The van der Waals surface area contributed by atoms with Gasteiger partial charge in [0, 0.05) is 30.2 Å². The third kappa shape index (κ3) is 4.85. The molecule has 154 valence electrons. The monoisotopic (exact) mass is 418 g/mol. The minimum absolute atomic E-state index is 0.110. The zero-order valence-corrected chi connectivity index (χ0v) is 18.0. The molecule has 1 aliphatic heterocycles. The van der Waals surface area contributed by atoms with Gasteiger partial charge in [0.15, 0.2) is 0 Å². The summed E-state index contributed by atoms with van der Waals surface area (Å²) in [6.07, 6.45) is 2.70. The van der Waals surface area contributed by atoms with Gasteiger partial charge in [0.25, 0.3) is 0 Å². The number of para-hydroxylation sites is 1. The Kier molecular flexibility index (Phi) is 6.39. The maximum absolute atomic E-state index is 12.2. The van der Waals surface area contributed by atoms with Gasteiger partial charge in [0.05, 0.1) is 6.04 Å². The second kappa shape index (κ2) is 9.36. The second-order valence-electron chi connectivity index (χ2n) is 7.96. The van der Waals surface area contributed by atoms with Gasteiger partial charge in [-0.1, -0.05) is 72.3 Å². The highest BCUT2D eigenvalue weighted by Crippen LogP contribution is 2.33. The van der Waals surface area contributed by atoms with Crippen LogP contribution in [0.2, 0.25) is 5.02 Å². The van der Waals surface area contributed by atoms with E-state index in [0.717, 1.165) is 30.8 Å². The van der Waals surface area contributed by atoms with E-state index in [1.807, 2.05) is 35.2 Å². The van der Waals surface area contributed by atoms with Crippen molar-refractivity contribution < 1.29 is 4.79 Å². The van der Waals surface area contributed by atoms with E-state index in [0.29, 0.717) is 6.04 Å². The number of carbonyl (C=O) groups excluding carboxylic acids is 1. The van der Waals surface area contributed by atoms with Crippen molar-refractivity contribution in [1.29, 1.82) is 0 Å². The zero-order chi connectivity index (χ0) is 20.9. The molecular weight excluding hydrogens is 392 g/mol. The average Bonchev–Trinajstić information content (AvgIpc) is 2.77. The number of amides is 1. The Morgan fingerprint density at radius 3 is 2.43 bits per heavy atom. The topological polar surface area (TPSA) is 32.3 Å². The maximum atomic E-state index is 12.2. The third-order valence-corrected chi connectivity index (χ3v) is 6.13. The van der Waals surface area contributed by atoms with Crippen LogP contribution in [-0.4, -0.2) is 23.4 Å². The Balaban J connectivity index is 1.52. The lowest BCUT2D eigenvalue weighted by atomic mass is 9.91. The standard InChI is InChI=1S/C26H27ClN2O/c1-19(30)29-16-15-24(18-26(29)21-7-3-2-4-8-21)28-25-10-6-5-9-22(25)17-20-11-13-23(27)14-12-20/h2-14,24,26,28H,15-18H2,1H3. The largest absolute Gasteiger partial charge is 0.382 e. The fourth-order valence-electron chi connectivity index (χ4n) is 4.32. The molecule has 0 aliphatic carbocycles. The molecule has 1 saturated heterocycles. The number of anilines is 1. The smallest absolute Gasteiger partial charge is 0.219 e. The molecule has 0 radical (unpaired) electrons. The summed E-state index contributed by atoms with van der Waals surface area (Å²) in [6, 6.07) is 27.3. The summed E-state index contributed by atoms with van der Waals surface area (Å²) in [5.74, 6) is 0.144. The van der Waals surface area contributed by atoms with E-state index >= 15 is 0 Å². The minimum Gasteiger partial charge on any atom is -0.382 e. The average molecular weight is 419 g/mol. The van der Waals surface area contributed by atoms with Gasteiger partial charge in [-0.05, 0) is 54.2 Å². The van der Waals surface area contributed by atoms with Crippen molar-refractivity contribution >= 4 is 23.2 Å². The van der Waals surface area contributed by atoms with Crippen LogP contribution in [0.4, 0.5) is 5.69 Å². The number of hydrogen-bond acceptors (Lipinski definition) is 2. The minimum atomic E-state index is 0.110. The molecule has 3 nitrogen and oxygen atoms in total. The van der Waals surface area contributed by atoms with E-state index in [1.165, 1.54) is 22.4 Å². The number of likely N-dealkylation sites (tertiary alicyclic amines) is 1. The van der Waals surface area contributed by atoms with E-state index in [-0.39, 0.29) is 11.9 Å². The fourth-order valence-corrected chi connectivity index (χ4v) is 4.45. The molecule has 3 aromatic carbocycles. The normalized spacial score (nSPS) is 18.8. The zero-order valence-electron chi connectivity index (χ0n) is 17.2. The van der Waals surface area contributed by atoms with E-state index in [4.69, 9.17) is 11.6 Å². The van der Waals surface area contributed by atoms with Crippen LogP contribution in [-0.2, 0) is 11.2 Å². The molecular formula is C26H27ClN2O. The van der Waals surface area contributed by atoms with Crippen molar-refractivity contribution in [3.63, 3.8) is 0 Å². The van der Waals surface area contributed by atoms with Gasteiger partial charge in [-0.3, -0.25) is 4.79 Å². The van der Waals surface area contributed by atoms with Gasteiger partial charge in [-0.25, -0.2) is 0 Å². The summed E-state index contributed by atoms with van der Waals surface area (Å²) in [4.78, 5) is 14.2. The lowest BCUT2D eigenvalue weighted by molar-refractivity contribution is -0.132. The molecule has 1 aliphatic rings. The Morgan fingerprint density at radius 2 is 1.70 bits per heavy atom. The molecule has 4 rings (SSSR count). The van der Waals surface area contributed by atoms with E-state index in [1.54, 1.807) is 6.92 Å². The van der Waals surface area contributed by atoms with Crippen LogP contribution in [0.25, 0.3) is 0 Å². The van der Waals surface area contributed by atoms with Crippen LogP contribution >= 0.6 is 11.6 Å². The van der Waals surface area contributed by atoms with Gasteiger partial charge in [-0.15, -0.1) is 0 Å². The number of carbonyl (C=O) groups is 1. The fraction of sp³-hybridized carbons (Fsp3) is 0.269. The SMILES string of the molecule is CC(=O)N1CCC(Nc2ccccc2Cc2ccc(Cl)cc2)CC1c1ccccc1. The Hall–Kier alpha value is -2.78. The predicted molar refractivity (Wildman–Crippen MR) is 124 cm³/mol. The summed E-state index contributed by atoms with van der Waals surface area (Å²) in [6.45, 7) is 2.44. The molecule has 1 heterocycles. The molecule has 2 atom stereocenters. The highest BCUT2D eigenvalue weighted by molar-refractivity contribution is 6.30. The van der Waals surface area contributed by atoms with Crippen molar-refractivity contribution in [3.05, 3.63) is 101 Å². The van der Waals surface area contributed by atoms with Crippen LogP contribution in [0.15, 0.2) is 78.9 Å². The van der Waals surface area contributed by atoms with Crippen LogP contribution in [0, 0.1) is 0 Å². The molecule has 4 heteroatoms. The molecule has 0 bridgehead atoms. The molecule has 2 unspecified atom stereocenters. The number of nitrogens with one attached hydrogen (secondary N) is 1. The molecule has 0 aromatic heterocycles. The van der Waals surface area contributed by atoms with Gasteiger partial charge in [-0.2, -0.15) is 0 Å². The lowest BCUT2D eigenvalue weighted by Gasteiger charge is -2.40.